The van der Waals surface area contributed by atoms with Gasteiger partial charge in [0.1, 0.15) is 0 Å². The number of fused-ring (bicyclic) bond motifs is 1. The van der Waals surface area contributed by atoms with Crippen molar-refractivity contribution in [3.63, 3.8) is 0 Å². The first-order valence-electron chi connectivity index (χ1n) is 11.3. The van der Waals surface area contributed by atoms with E-state index in [-0.39, 0.29) is 17.5 Å². The number of carbonyl (C=O) groups excluding carboxylic acids is 1. The maximum atomic E-state index is 13.8. The Kier molecular flexibility index (Phi) is 5.77. The predicted octanol–water partition coefficient (Wildman–Crippen LogP) is 6.22. The number of nitrogens with one attached hydrogen (secondary N) is 1. The molecule has 1 aliphatic carbocycles. The van der Waals surface area contributed by atoms with Crippen LogP contribution in [0.15, 0.2) is 83.7 Å². The smallest absolute Gasteiger partial charge is 0.264 e. The summed E-state index contributed by atoms with van der Waals surface area (Å²) < 4.78 is 1.59. The van der Waals surface area contributed by atoms with E-state index in [9.17, 15) is 9.59 Å². The van der Waals surface area contributed by atoms with Gasteiger partial charge in [0.2, 0.25) is 0 Å². The van der Waals surface area contributed by atoms with E-state index in [2.05, 4.69) is 17.4 Å². The largest absolute Gasteiger partial charge is 0.345 e. The molecule has 1 amide bonds. The van der Waals surface area contributed by atoms with E-state index in [4.69, 9.17) is 11.6 Å². The zero-order valence-electron chi connectivity index (χ0n) is 18.4. The number of para-hydroxylation sites is 1. The van der Waals surface area contributed by atoms with E-state index < -0.39 is 0 Å². The summed E-state index contributed by atoms with van der Waals surface area (Å²) in [4.78, 5) is 27.3. The number of hydrogen-bond acceptors (Lipinski definition) is 2. The quantitative estimate of drug-likeness (QED) is 0.387. The van der Waals surface area contributed by atoms with Gasteiger partial charge in [0.15, 0.2) is 0 Å². The van der Waals surface area contributed by atoms with Crippen molar-refractivity contribution in [2.45, 2.75) is 32.2 Å². The molecule has 166 valence electrons. The second-order valence-electron chi connectivity index (χ2n) is 8.65. The minimum Gasteiger partial charge on any atom is -0.345 e. The first-order valence-corrected chi connectivity index (χ1v) is 11.7. The SMILES string of the molecule is Cc1c(C(=O)N[C@H](c2ccccc2)C2CCC2)c2cccc(Cl)c2c(=O)n1-c1ccccc1. The average Bonchev–Trinajstić information content (AvgIpc) is 2.79. The summed E-state index contributed by atoms with van der Waals surface area (Å²) in [5, 5.41) is 4.59. The lowest BCUT2D eigenvalue weighted by Crippen LogP contribution is -2.37. The highest BCUT2D eigenvalue weighted by molar-refractivity contribution is 6.36. The third-order valence-corrected chi connectivity index (χ3v) is 7.02. The molecule has 1 N–H and O–H groups in total. The molecular weight excluding hydrogens is 432 g/mol. The molecule has 0 radical (unpaired) electrons. The molecule has 1 fully saturated rings. The highest BCUT2D eigenvalue weighted by Gasteiger charge is 2.31. The predicted molar refractivity (Wildman–Crippen MR) is 133 cm³/mol. The van der Waals surface area contributed by atoms with Gasteiger partial charge in [0.05, 0.1) is 22.0 Å². The number of carbonyl (C=O) groups is 1. The topological polar surface area (TPSA) is 51.1 Å². The van der Waals surface area contributed by atoms with Crippen LogP contribution in [0.2, 0.25) is 5.02 Å². The van der Waals surface area contributed by atoms with Crippen LogP contribution in [-0.4, -0.2) is 10.5 Å². The maximum Gasteiger partial charge on any atom is 0.264 e. The van der Waals surface area contributed by atoms with E-state index in [0.717, 1.165) is 18.4 Å². The number of halogens is 1. The number of rotatable bonds is 5. The fourth-order valence-corrected chi connectivity index (χ4v) is 5.07. The van der Waals surface area contributed by atoms with Crippen molar-refractivity contribution in [1.82, 2.24) is 9.88 Å². The van der Waals surface area contributed by atoms with Crippen LogP contribution in [0, 0.1) is 12.8 Å². The van der Waals surface area contributed by atoms with Crippen molar-refractivity contribution < 1.29 is 4.79 Å². The minimum absolute atomic E-state index is 0.0711. The van der Waals surface area contributed by atoms with Crippen LogP contribution in [-0.2, 0) is 0 Å². The van der Waals surface area contributed by atoms with Gasteiger partial charge in [-0.25, -0.2) is 0 Å². The molecule has 0 unspecified atom stereocenters. The Balaban J connectivity index is 1.68. The number of hydrogen-bond donors (Lipinski definition) is 1. The van der Waals surface area contributed by atoms with Gasteiger partial charge in [0, 0.05) is 16.8 Å². The highest BCUT2D eigenvalue weighted by Crippen LogP contribution is 2.38. The number of benzene rings is 3. The molecule has 5 heteroatoms. The first-order chi connectivity index (χ1) is 16.1. The van der Waals surface area contributed by atoms with E-state index in [0.29, 0.717) is 38.7 Å². The third kappa shape index (κ3) is 3.85. The monoisotopic (exact) mass is 456 g/mol. The maximum absolute atomic E-state index is 13.8. The molecule has 0 bridgehead atoms. The third-order valence-electron chi connectivity index (χ3n) is 6.71. The molecule has 1 heterocycles. The van der Waals surface area contributed by atoms with E-state index in [1.807, 2.05) is 55.5 Å². The fraction of sp³-hybridized carbons (Fsp3) is 0.214. The van der Waals surface area contributed by atoms with Gasteiger partial charge in [-0.3, -0.25) is 14.2 Å². The van der Waals surface area contributed by atoms with Crippen molar-refractivity contribution in [2.75, 3.05) is 0 Å². The Morgan fingerprint density at radius 1 is 0.970 bits per heavy atom. The zero-order valence-corrected chi connectivity index (χ0v) is 19.2. The molecule has 0 spiro atoms. The van der Waals surface area contributed by atoms with Gasteiger partial charge < -0.3 is 5.32 Å². The molecule has 1 aromatic heterocycles. The summed E-state index contributed by atoms with van der Waals surface area (Å²) in [7, 11) is 0. The van der Waals surface area contributed by atoms with Crippen LogP contribution < -0.4 is 10.9 Å². The van der Waals surface area contributed by atoms with Crippen LogP contribution in [0.1, 0.15) is 46.9 Å². The van der Waals surface area contributed by atoms with Crippen molar-refractivity contribution in [1.29, 1.82) is 0 Å². The lowest BCUT2D eigenvalue weighted by molar-refractivity contribution is 0.0901. The number of pyridine rings is 1. The molecule has 1 saturated carbocycles. The molecule has 1 atom stereocenters. The molecule has 33 heavy (non-hydrogen) atoms. The highest BCUT2D eigenvalue weighted by atomic mass is 35.5. The van der Waals surface area contributed by atoms with Crippen molar-refractivity contribution >= 4 is 28.3 Å². The second kappa shape index (κ2) is 8.87. The Labute approximate surface area is 197 Å². The molecule has 4 aromatic rings. The van der Waals surface area contributed by atoms with Gasteiger partial charge in [-0.2, -0.15) is 0 Å². The van der Waals surface area contributed by atoms with Gasteiger partial charge in [-0.15, -0.1) is 0 Å². The Morgan fingerprint density at radius 2 is 1.64 bits per heavy atom. The Morgan fingerprint density at radius 3 is 2.27 bits per heavy atom. The summed E-state index contributed by atoms with van der Waals surface area (Å²) >= 11 is 6.49. The summed E-state index contributed by atoms with van der Waals surface area (Å²) in [6.07, 6.45) is 3.37. The van der Waals surface area contributed by atoms with E-state index >= 15 is 0 Å². The number of amides is 1. The Hall–Kier alpha value is -3.37. The molecule has 5 rings (SSSR count). The summed E-state index contributed by atoms with van der Waals surface area (Å²) in [5.41, 5.74) is 2.66. The van der Waals surface area contributed by atoms with Crippen LogP contribution in [0.4, 0.5) is 0 Å². The Bertz CT molecular complexity index is 1380. The first kappa shape index (κ1) is 21.5. The number of nitrogens with zero attached hydrogens (tertiary/aromatic N) is 1. The lowest BCUT2D eigenvalue weighted by atomic mass is 9.77. The van der Waals surface area contributed by atoms with Crippen LogP contribution in [0.5, 0.6) is 0 Å². The van der Waals surface area contributed by atoms with Crippen molar-refractivity contribution in [3.05, 3.63) is 111 Å². The van der Waals surface area contributed by atoms with Gasteiger partial charge in [-0.05, 0) is 49.4 Å². The molecule has 0 saturated heterocycles. The van der Waals surface area contributed by atoms with E-state index in [1.54, 1.807) is 22.8 Å². The summed E-state index contributed by atoms with van der Waals surface area (Å²) in [5.74, 6) is 0.219. The van der Waals surface area contributed by atoms with Crippen molar-refractivity contribution in [2.24, 2.45) is 5.92 Å². The normalized spacial score (nSPS) is 14.6. The molecule has 1 aliphatic rings. The molecular formula is C28H25ClN2O2. The van der Waals surface area contributed by atoms with Gasteiger partial charge in [-0.1, -0.05) is 78.7 Å². The van der Waals surface area contributed by atoms with Gasteiger partial charge >= 0.3 is 0 Å². The minimum atomic E-state index is -0.227. The fourth-order valence-electron chi connectivity index (χ4n) is 4.82. The van der Waals surface area contributed by atoms with E-state index in [1.165, 1.54) is 6.42 Å². The molecule has 3 aromatic carbocycles. The van der Waals surface area contributed by atoms with Crippen molar-refractivity contribution in [3.8, 4) is 5.69 Å². The second-order valence-corrected chi connectivity index (χ2v) is 9.06. The summed E-state index contributed by atoms with van der Waals surface area (Å²) in [6, 6.07) is 24.7. The standard InChI is InChI=1S/C28H25ClN2O2/c1-18-24(27(32)30-26(20-12-8-13-20)19-10-4-2-5-11-19)22-16-9-17-23(29)25(22)28(33)31(18)21-14-6-3-7-15-21/h2-7,9-11,14-17,20,26H,8,12-13H2,1H3,(H,30,32)/t26-/m1/s1. The summed E-state index contributed by atoms with van der Waals surface area (Å²) in [6.45, 7) is 1.82. The van der Waals surface area contributed by atoms with Crippen LogP contribution in [0.25, 0.3) is 16.5 Å². The lowest BCUT2D eigenvalue weighted by Gasteiger charge is -2.35. The number of aromatic nitrogens is 1. The van der Waals surface area contributed by atoms with Gasteiger partial charge in [0.25, 0.3) is 11.5 Å². The molecule has 0 aliphatic heterocycles. The van der Waals surface area contributed by atoms with Crippen LogP contribution >= 0.6 is 11.6 Å². The zero-order chi connectivity index (χ0) is 22.9. The van der Waals surface area contributed by atoms with Crippen LogP contribution in [0.3, 0.4) is 0 Å². The average molecular weight is 457 g/mol. The molecule has 4 nitrogen and oxygen atoms in total.